The van der Waals surface area contributed by atoms with Crippen LogP contribution in [0.3, 0.4) is 0 Å². The normalized spacial score (nSPS) is 10.6. The summed E-state index contributed by atoms with van der Waals surface area (Å²) in [6.45, 7) is 5.66. The quantitative estimate of drug-likeness (QED) is 0.478. The SMILES string of the molecule is C=COCCCCOCC=Cc1ccccc1. The Kier molecular flexibility index (Phi) is 7.69. The molecule has 17 heavy (non-hydrogen) atoms. The zero-order chi connectivity index (χ0) is 12.2. The van der Waals surface area contributed by atoms with Crippen molar-refractivity contribution in [2.75, 3.05) is 19.8 Å². The van der Waals surface area contributed by atoms with Crippen LogP contribution in [-0.4, -0.2) is 19.8 Å². The smallest absolute Gasteiger partial charge is 0.0873 e. The Morgan fingerprint density at radius 2 is 1.82 bits per heavy atom. The Bertz CT molecular complexity index is 317. The molecule has 1 aromatic carbocycles. The summed E-state index contributed by atoms with van der Waals surface area (Å²) in [7, 11) is 0. The molecule has 0 atom stereocenters. The highest BCUT2D eigenvalue weighted by atomic mass is 16.5. The molecule has 1 aromatic rings. The van der Waals surface area contributed by atoms with E-state index >= 15 is 0 Å². The molecule has 1 rings (SSSR count). The average molecular weight is 232 g/mol. The van der Waals surface area contributed by atoms with Crippen LogP contribution in [0.15, 0.2) is 49.2 Å². The molecule has 0 aliphatic rings. The topological polar surface area (TPSA) is 18.5 Å². The second-order valence-corrected chi connectivity index (χ2v) is 3.63. The lowest BCUT2D eigenvalue weighted by atomic mass is 10.2. The predicted molar refractivity (Wildman–Crippen MR) is 71.7 cm³/mol. The van der Waals surface area contributed by atoms with E-state index in [1.165, 1.54) is 11.8 Å². The van der Waals surface area contributed by atoms with E-state index < -0.39 is 0 Å². The van der Waals surface area contributed by atoms with Crippen LogP contribution in [0.1, 0.15) is 18.4 Å². The van der Waals surface area contributed by atoms with Gasteiger partial charge >= 0.3 is 0 Å². The van der Waals surface area contributed by atoms with Gasteiger partial charge in [0.25, 0.3) is 0 Å². The summed E-state index contributed by atoms with van der Waals surface area (Å²) in [5, 5.41) is 0. The Morgan fingerprint density at radius 1 is 1.06 bits per heavy atom. The first-order valence-electron chi connectivity index (χ1n) is 5.95. The van der Waals surface area contributed by atoms with Crippen LogP contribution in [0.4, 0.5) is 0 Å². The van der Waals surface area contributed by atoms with E-state index in [0.29, 0.717) is 6.61 Å². The van der Waals surface area contributed by atoms with Crippen LogP contribution in [0.25, 0.3) is 6.08 Å². The summed E-state index contributed by atoms with van der Waals surface area (Å²) in [5.41, 5.74) is 1.20. The first-order chi connectivity index (χ1) is 8.43. The Balaban J connectivity index is 1.97. The van der Waals surface area contributed by atoms with Crippen LogP contribution in [0, 0.1) is 0 Å². The molecule has 0 radical (unpaired) electrons. The summed E-state index contributed by atoms with van der Waals surface area (Å²) in [5.74, 6) is 0. The molecule has 2 nitrogen and oxygen atoms in total. The molecule has 92 valence electrons. The first kappa shape index (κ1) is 13.5. The molecule has 0 fully saturated rings. The standard InChI is InChI=1S/C15H20O2/c1-2-16-12-6-7-13-17-14-8-11-15-9-4-3-5-10-15/h2-5,8-11H,1,6-7,12-14H2. The maximum atomic E-state index is 5.47. The fourth-order valence-corrected chi connectivity index (χ4v) is 1.37. The number of hydrogen-bond donors (Lipinski definition) is 0. The Morgan fingerprint density at radius 3 is 2.59 bits per heavy atom. The van der Waals surface area contributed by atoms with Gasteiger partial charge in [0.2, 0.25) is 0 Å². The fraction of sp³-hybridized carbons (Fsp3) is 0.333. The summed E-state index contributed by atoms with van der Waals surface area (Å²) < 4.78 is 10.5. The average Bonchev–Trinajstić information content (AvgIpc) is 2.38. The highest BCUT2D eigenvalue weighted by Gasteiger charge is 1.88. The molecule has 0 heterocycles. The number of unbranched alkanes of at least 4 members (excludes halogenated alkanes) is 1. The van der Waals surface area contributed by atoms with Crippen molar-refractivity contribution in [3.8, 4) is 0 Å². The van der Waals surface area contributed by atoms with Gasteiger partial charge in [0.1, 0.15) is 0 Å². The van der Waals surface area contributed by atoms with E-state index in [2.05, 4.69) is 24.8 Å². The molecule has 0 N–H and O–H groups in total. The molecule has 0 bridgehead atoms. The molecular formula is C15H20O2. The van der Waals surface area contributed by atoms with Gasteiger partial charge in [-0.05, 0) is 18.4 Å². The lowest BCUT2D eigenvalue weighted by Crippen LogP contribution is -1.96. The zero-order valence-corrected chi connectivity index (χ0v) is 10.2. The number of hydrogen-bond acceptors (Lipinski definition) is 2. The van der Waals surface area contributed by atoms with Gasteiger partial charge in [0.15, 0.2) is 0 Å². The minimum absolute atomic E-state index is 0.664. The van der Waals surface area contributed by atoms with Crippen molar-refractivity contribution in [1.82, 2.24) is 0 Å². The maximum Gasteiger partial charge on any atom is 0.0873 e. The van der Waals surface area contributed by atoms with Crippen molar-refractivity contribution in [2.24, 2.45) is 0 Å². The van der Waals surface area contributed by atoms with Crippen molar-refractivity contribution in [3.63, 3.8) is 0 Å². The van der Waals surface area contributed by atoms with Gasteiger partial charge in [-0.1, -0.05) is 49.1 Å². The molecule has 0 amide bonds. The van der Waals surface area contributed by atoms with E-state index in [-0.39, 0.29) is 0 Å². The summed E-state index contributed by atoms with van der Waals surface area (Å²) >= 11 is 0. The Labute approximate surface area is 104 Å². The highest BCUT2D eigenvalue weighted by molar-refractivity contribution is 5.48. The van der Waals surface area contributed by atoms with E-state index in [0.717, 1.165) is 26.1 Å². The number of benzene rings is 1. The van der Waals surface area contributed by atoms with Crippen LogP contribution in [0.2, 0.25) is 0 Å². The molecule has 2 heteroatoms. The van der Waals surface area contributed by atoms with Gasteiger partial charge in [0.05, 0.1) is 19.5 Å². The van der Waals surface area contributed by atoms with E-state index in [9.17, 15) is 0 Å². The third-order valence-electron chi connectivity index (χ3n) is 2.24. The predicted octanol–water partition coefficient (Wildman–Crippen LogP) is 3.66. The lowest BCUT2D eigenvalue weighted by molar-refractivity contribution is 0.148. The molecular weight excluding hydrogens is 212 g/mol. The number of rotatable bonds is 9. The maximum absolute atomic E-state index is 5.47. The summed E-state index contributed by atoms with van der Waals surface area (Å²) in [6.07, 6.45) is 7.61. The van der Waals surface area contributed by atoms with Gasteiger partial charge in [0, 0.05) is 6.61 Å². The molecule has 0 saturated carbocycles. The van der Waals surface area contributed by atoms with Gasteiger partial charge in [-0.3, -0.25) is 0 Å². The van der Waals surface area contributed by atoms with E-state index in [4.69, 9.17) is 9.47 Å². The van der Waals surface area contributed by atoms with Crippen molar-refractivity contribution in [3.05, 3.63) is 54.8 Å². The third-order valence-corrected chi connectivity index (χ3v) is 2.24. The van der Waals surface area contributed by atoms with Crippen LogP contribution >= 0.6 is 0 Å². The van der Waals surface area contributed by atoms with Crippen LogP contribution in [-0.2, 0) is 9.47 Å². The summed E-state index contributed by atoms with van der Waals surface area (Å²) in [6, 6.07) is 10.2. The van der Waals surface area contributed by atoms with Crippen LogP contribution in [0.5, 0.6) is 0 Å². The minimum Gasteiger partial charge on any atom is -0.502 e. The first-order valence-corrected chi connectivity index (χ1v) is 5.95. The van der Waals surface area contributed by atoms with Crippen LogP contribution < -0.4 is 0 Å². The highest BCUT2D eigenvalue weighted by Crippen LogP contribution is 2.00. The molecule has 0 aromatic heterocycles. The van der Waals surface area contributed by atoms with Gasteiger partial charge in [-0.25, -0.2) is 0 Å². The van der Waals surface area contributed by atoms with E-state index in [1.807, 2.05) is 24.3 Å². The van der Waals surface area contributed by atoms with Crippen molar-refractivity contribution in [1.29, 1.82) is 0 Å². The van der Waals surface area contributed by atoms with Gasteiger partial charge in [-0.2, -0.15) is 0 Å². The van der Waals surface area contributed by atoms with Gasteiger partial charge in [-0.15, -0.1) is 0 Å². The number of ether oxygens (including phenoxy) is 2. The lowest BCUT2D eigenvalue weighted by Gasteiger charge is -2.01. The van der Waals surface area contributed by atoms with E-state index in [1.54, 1.807) is 0 Å². The van der Waals surface area contributed by atoms with Gasteiger partial charge < -0.3 is 9.47 Å². The minimum atomic E-state index is 0.664. The summed E-state index contributed by atoms with van der Waals surface area (Å²) in [4.78, 5) is 0. The zero-order valence-electron chi connectivity index (χ0n) is 10.2. The largest absolute Gasteiger partial charge is 0.502 e. The second kappa shape index (κ2) is 9.67. The molecule has 0 saturated heterocycles. The molecule has 0 aliphatic heterocycles. The molecule has 0 unspecified atom stereocenters. The monoisotopic (exact) mass is 232 g/mol. The van der Waals surface area contributed by atoms with Crippen molar-refractivity contribution < 1.29 is 9.47 Å². The third kappa shape index (κ3) is 7.36. The second-order valence-electron chi connectivity index (χ2n) is 3.63. The van der Waals surface area contributed by atoms with Crippen molar-refractivity contribution in [2.45, 2.75) is 12.8 Å². The fourth-order valence-electron chi connectivity index (χ4n) is 1.37. The molecule has 0 aliphatic carbocycles. The Hall–Kier alpha value is -1.54. The molecule has 0 spiro atoms. The van der Waals surface area contributed by atoms with Crippen molar-refractivity contribution >= 4 is 6.08 Å².